The fourth-order valence-electron chi connectivity index (χ4n) is 1.68. The number of likely N-dealkylation sites (tertiary alicyclic amines) is 1. The van der Waals surface area contributed by atoms with Crippen LogP contribution in [0.25, 0.3) is 0 Å². The summed E-state index contributed by atoms with van der Waals surface area (Å²) in [6.45, 7) is 0.791. The van der Waals surface area contributed by atoms with E-state index in [4.69, 9.17) is 5.11 Å². The summed E-state index contributed by atoms with van der Waals surface area (Å²) in [6, 6.07) is 0. The summed E-state index contributed by atoms with van der Waals surface area (Å²) in [5, 5.41) is 8.77. The number of aliphatic carboxylic acids is 1. The summed E-state index contributed by atoms with van der Waals surface area (Å²) in [6.07, 6.45) is 0.624. The van der Waals surface area contributed by atoms with Crippen molar-refractivity contribution in [3.8, 4) is 0 Å². The minimum absolute atomic E-state index is 0.270. The summed E-state index contributed by atoms with van der Waals surface area (Å²) in [4.78, 5) is 34.6. The lowest BCUT2D eigenvalue weighted by Gasteiger charge is -2.29. The van der Waals surface area contributed by atoms with Gasteiger partial charge in [0.1, 0.15) is 6.42 Å². The second-order valence-corrected chi connectivity index (χ2v) is 3.75. The van der Waals surface area contributed by atoms with Crippen LogP contribution in [0.2, 0.25) is 0 Å². The van der Waals surface area contributed by atoms with Crippen LogP contribution in [0.5, 0.6) is 0 Å². The van der Waals surface area contributed by atoms with Crippen molar-refractivity contribution in [2.24, 2.45) is 5.92 Å². The number of rotatable bonds is 3. The Morgan fingerprint density at radius 3 is 2.31 bits per heavy atom. The number of carboxylic acid groups (broad SMARTS) is 1. The maximum Gasteiger partial charge on any atom is 0.315 e. The molecular weight excluding hydrogens is 214 g/mol. The van der Waals surface area contributed by atoms with Gasteiger partial charge in [-0.2, -0.15) is 0 Å². The molecule has 1 aliphatic rings. The monoisotopic (exact) mass is 229 g/mol. The van der Waals surface area contributed by atoms with Crippen molar-refractivity contribution in [1.29, 1.82) is 0 Å². The third-order valence-electron chi connectivity index (χ3n) is 2.72. The van der Waals surface area contributed by atoms with Crippen LogP contribution in [0.3, 0.4) is 0 Å². The second-order valence-electron chi connectivity index (χ2n) is 3.75. The summed E-state index contributed by atoms with van der Waals surface area (Å²) in [7, 11) is 1.23. The van der Waals surface area contributed by atoms with Gasteiger partial charge in [-0.3, -0.25) is 14.4 Å². The highest BCUT2D eigenvalue weighted by Gasteiger charge is 2.27. The number of amides is 1. The fraction of sp³-hybridized carbons (Fsp3) is 0.700. The van der Waals surface area contributed by atoms with Crippen molar-refractivity contribution >= 4 is 17.8 Å². The maximum atomic E-state index is 11.5. The normalized spacial score (nSPS) is 16.9. The zero-order valence-corrected chi connectivity index (χ0v) is 9.14. The van der Waals surface area contributed by atoms with Crippen LogP contribution < -0.4 is 0 Å². The molecule has 0 unspecified atom stereocenters. The number of carbonyl (C=O) groups is 3. The molecule has 1 N–H and O–H groups in total. The topological polar surface area (TPSA) is 83.9 Å². The molecule has 0 saturated carbocycles. The van der Waals surface area contributed by atoms with E-state index < -0.39 is 11.9 Å². The van der Waals surface area contributed by atoms with Gasteiger partial charge in [0.25, 0.3) is 0 Å². The van der Waals surface area contributed by atoms with Gasteiger partial charge in [-0.25, -0.2) is 0 Å². The molecule has 0 bridgehead atoms. The number of ether oxygens (including phenoxy) is 1. The molecule has 1 rings (SSSR count). The maximum absolute atomic E-state index is 11.5. The fourth-order valence-corrected chi connectivity index (χ4v) is 1.68. The molecule has 16 heavy (non-hydrogen) atoms. The van der Waals surface area contributed by atoms with Crippen molar-refractivity contribution < 1.29 is 24.2 Å². The van der Waals surface area contributed by atoms with E-state index in [-0.39, 0.29) is 18.2 Å². The zero-order chi connectivity index (χ0) is 12.1. The van der Waals surface area contributed by atoms with Crippen LogP contribution in [-0.4, -0.2) is 48.1 Å². The predicted molar refractivity (Wildman–Crippen MR) is 53.6 cm³/mol. The molecule has 1 saturated heterocycles. The van der Waals surface area contributed by atoms with Crippen LogP contribution >= 0.6 is 0 Å². The number of nitrogens with zero attached hydrogens (tertiary/aromatic N) is 1. The Labute approximate surface area is 93.2 Å². The van der Waals surface area contributed by atoms with E-state index in [1.54, 1.807) is 0 Å². The molecule has 1 fully saturated rings. The van der Waals surface area contributed by atoms with Gasteiger partial charge in [0, 0.05) is 13.1 Å². The molecule has 0 aromatic rings. The highest BCUT2D eigenvalue weighted by Crippen LogP contribution is 2.17. The average molecular weight is 229 g/mol. The number of carbonyl (C=O) groups excluding carboxylic acids is 2. The smallest absolute Gasteiger partial charge is 0.315 e. The van der Waals surface area contributed by atoms with Gasteiger partial charge in [0.15, 0.2) is 0 Å². The third-order valence-corrected chi connectivity index (χ3v) is 2.72. The standard InChI is InChI=1S/C10H15NO5/c1-16-9(13)6-8(12)11-4-2-7(3-5-11)10(14)15/h7H,2-6H2,1H3,(H,14,15). The Morgan fingerprint density at radius 1 is 1.31 bits per heavy atom. The van der Waals surface area contributed by atoms with Crippen molar-refractivity contribution in [2.75, 3.05) is 20.2 Å². The molecule has 1 heterocycles. The number of hydrogen-bond acceptors (Lipinski definition) is 4. The molecular formula is C10H15NO5. The van der Waals surface area contributed by atoms with E-state index in [2.05, 4.69) is 4.74 Å². The van der Waals surface area contributed by atoms with Gasteiger partial charge in [0.2, 0.25) is 5.91 Å². The number of carboxylic acids is 1. The Kier molecular flexibility index (Phi) is 4.28. The summed E-state index contributed by atoms with van der Waals surface area (Å²) in [5.41, 5.74) is 0. The zero-order valence-electron chi connectivity index (χ0n) is 9.14. The molecule has 0 radical (unpaired) electrons. The van der Waals surface area contributed by atoms with Crippen LogP contribution in [0.15, 0.2) is 0 Å². The van der Waals surface area contributed by atoms with Gasteiger partial charge < -0.3 is 14.7 Å². The Morgan fingerprint density at radius 2 is 1.88 bits per heavy atom. The molecule has 0 aliphatic carbocycles. The van der Waals surface area contributed by atoms with Crippen LogP contribution in [-0.2, 0) is 19.1 Å². The molecule has 1 aliphatic heterocycles. The minimum Gasteiger partial charge on any atom is -0.481 e. The predicted octanol–water partition coefficient (Wildman–Crippen LogP) is -0.127. The van der Waals surface area contributed by atoms with Crippen LogP contribution in [0.4, 0.5) is 0 Å². The van der Waals surface area contributed by atoms with Crippen molar-refractivity contribution in [3.05, 3.63) is 0 Å². The molecule has 0 aromatic heterocycles. The first-order chi connectivity index (χ1) is 7.54. The van der Waals surface area contributed by atoms with Crippen molar-refractivity contribution in [1.82, 2.24) is 4.90 Å². The Hall–Kier alpha value is -1.59. The van der Waals surface area contributed by atoms with Gasteiger partial charge >= 0.3 is 11.9 Å². The largest absolute Gasteiger partial charge is 0.481 e. The molecule has 90 valence electrons. The Bertz CT molecular complexity index is 294. The van der Waals surface area contributed by atoms with Crippen molar-refractivity contribution in [3.63, 3.8) is 0 Å². The first-order valence-electron chi connectivity index (χ1n) is 5.12. The van der Waals surface area contributed by atoms with E-state index >= 15 is 0 Å². The summed E-state index contributed by atoms with van der Waals surface area (Å²) in [5.74, 6) is -2.05. The summed E-state index contributed by atoms with van der Waals surface area (Å²) >= 11 is 0. The third kappa shape index (κ3) is 3.22. The van der Waals surface area contributed by atoms with Gasteiger partial charge in [0.05, 0.1) is 13.0 Å². The average Bonchev–Trinajstić information content (AvgIpc) is 2.28. The van der Waals surface area contributed by atoms with Crippen LogP contribution in [0.1, 0.15) is 19.3 Å². The molecule has 0 aromatic carbocycles. The van der Waals surface area contributed by atoms with Crippen LogP contribution in [0, 0.1) is 5.92 Å². The van der Waals surface area contributed by atoms with Gasteiger partial charge in [-0.1, -0.05) is 0 Å². The second kappa shape index (κ2) is 5.48. The highest BCUT2D eigenvalue weighted by molar-refractivity contribution is 5.94. The number of hydrogen-bond donors (Lipinski definition) is 1. The molecule has 6 nitrogen and oxygen atoms in total. The van der Waals surface area contributed by atoms with E-state index in [0.717, 1.165) is 0 Å². The van der Waals surface area contributed by atoms with E-state index in [9.17, 15) is 14.4 Å². The summed E-state index contributed by atoms with van der Waals surface area (Å²) < 4.78 is 4.39. The number of esters is 1. The minimum atomic E-state index is -0.819. The lowest BCUT2D eigenvalue weighted by molar-refractivity contribution is -0.150. The molecule has 6 heteroatoms. The molecule has 0 spiro atoms. The van der Waals surface area contributed by atoms with Crippen molar-refractivity contribution in [2.45, 2.75) is 19.3 Å². The van der Waals surface area contributed by atoms with E-state index in [1.807, 2.05) is 0 Å². The quantitative estimate of drug-likeness (QED) is 0.538. The first kappa shape index (κ1) is 12.5. The number of methoxy groups -OCH3 is 1. The van der Waals surface area contributed by atoms with Gasteiger partial charge in [-0.15, -0.1) is 0 Å². The lowest BCUT2D eigenvalue weighted by atomic mass is 9.97. The SMILES string of the molecule is COC(=O)CC(=O)N1CCC(C(=O)O)CC1. The number of piperidine rings is 1. The first-order valence-corrected chi connectivity index (χ1v) is 5.12. The van der Waals surface area contributed by atoms with E-state index in [1.165, 1.54) is 12.0 Å². The van der Waals surface area contributed by atoms with E-state index in [0.29, 0.717) is 25.9 Å². The lowest BCUT2D eigenvalue weighted by Crippen LogP contribution is -2.41. The highest BCUT2D eigenvalue weighted by atomic mass is 16.5. The molecule has 0 atom stereocenters. The van der Waals surface area contributed by atoms with Gasteiger partial charge in [-0.05, 0) is 12.8 Å². The Balaban J connectivity index is 2.38. The molecule has 1 amide bonds.